The van der Waals surface area contributed by atoms with Gasteiger partial charge in [0.2, 0.25) is 5.16 Å². The van der Waals surface area contributed by atoms with Crippen molar-refractivity contribution < 1.29 is 9.53 Å². The number of methoxy groups -OCH3 is 1. The molecule has 2 heterocycles. The Morgan fingerprint density at radius 1 is 1.37 bits per heavy atom. The summed E-state index contributed by atoms with van der Waals surface area (Å²) < 4.78 is 8.11. The Morgan fingerprint density at radius 2 is 2.13 bits per heavy atom. The zero-order valence-corrected chi connectivity index (χ0v) is 17.1. The van der Waals surface area contributed by atoms with Crippen molar-refractivity contribution in [2.45, 2.75) is 31.0 Å². The number of tetrazole rings is 1. The third-order valence-electron chi connectivity index (χ3n) is 4.71. The van der Waals surface area contributed by atoms with Crippen LogP contribution in [0.4, 0.5) is 5.82 Å². The van der Waals surface area contributed by atoms with Gasteiger partial charge in [-0.1, -0.05) is 17.8 Å². The van der Waals surface area contributed by atoms with Crippen LogP contribution in [0.1, 0.15) is 34.8 Å². The van der Waals surface area contributed by atoms with Gasteiger partial charge in [-0.3, -0.25) is 19.1 Å². The average Bonchev–Trinajstić information content (AvgIpc) is 3.41. The molecule has 0 amide bonds. The van der Waals surface area contributed by atoms with E-state index in [1.54, 1.807) is 13.2 Å². The lowest BCUT2D eigenvalue weighted by molar-refractivity contribution is 0.102. The minimum Gasteiger partial charge on any atom is -0.494 e. The van der Waals surface area contributed by atoms with Gasteiger partial charge in [0.25, 0.3) is 5.56 Å². The van der Waals surface area contributed by atoms with E-state index in [1.807, 2.05) is 19.1 Å². The molecule has 30 heavy (non-hydrogen) atoms. The number of rotatable bonds is 7. The molecule has 11 nitrogen and oxygen atoms in total. The first-order valence-corrected chi connectivity index (χ1v) is 10.1. The average molecular weight is 429 g/mol. The smallest absolute Gasteiger partial charge is 0.330 e. The minimum atomic E-state index is -0.792. The highest BCUT2D eigenvalue weighted by Crippen LogP contribution is 2.35. The summed E-state index contributed by atoms with van der Waals surface area (Å²) in [6.45, 7) is 1.92. The summed E-state index contributed by atoms with van der Waals surface area (Å²) >= 11 is 1.05. The van der Waals surface area contributed by atoms with Gasteiger partial charge in [-0.15, -0.1) is 5.10 Å². The Morgan fingerprint density at radius 3 is 2.83 bits per heavy atom. The molecule has 1 aliphatic rings. The molecule has 0 unspecified atom stereocenters. The van der Waals surface area contributed by atoms with E-state index in [1.165, 1.54) is 9.25 Å². The molecule has 0 spiro atoms. The lowest BCUT2D eigenvalue weighted by Crippen LogP contribution is -2.36. The zero-order chi connectivity index (χ0) is 21.4. The second-order valence-corrected chi connectivity index (χ2v) is 7.82. The second kappa shape index (κ2) is 7.78. The van der Waals surface area contributed by atoms with Gasteiger partial charge in [0.05, 0.1) is 12.9 Å². The van der Waals surface area contributed by atoms with Gasteiger partial charge in [-0.05, 0) is 47.9 Å². The number of nitrogens with zero attached hydrogens (tertiary/aromatic N) is 5. The number of hydrogen-bond donors (Lipinski definition) is 2. The maximum Gasteiger partial charge on any atom is 0.330 e. The first-order chi connectivity index (χ1) is 14.4. The number of nitrogens with one attached hydrogen (secondary N) is 1. The summed E-state index contributed by atoms with van der Waals surface area (Å²) in [4.78, 5) is 39.2. The number of nitrogens with two attached hydrogens (primary N) is 1. The van der Waals surface area contributed by atoms with Crippen molar-refractivity contribution in [3.8, 4) is 11.4 Å². The predicted molar refractivity (Wildman–Crippen MR) is 110 cm³/mol. The first-order valence-electron chi connectivity index (χ1n) is 9.14. The molecule has 0 radical (unpaired) electrons. The van der Waals surface area contributed by atoms with Crippen LogP contribution in [-0.4, -0.2) is 48.4 Å². The Balaban J connectivity index is 1.61. The second-order valence-electron chi connectivity index (χ2n) is 6.88. The molecule has 2 aromatic heterocycles. The number of ether oxygens (including phenoxy) is 1. The van der Waals surface area contributed by atoms with Gasteiger partial charge in [0, 0.05) is 6.04 Å². The monoisotopic (exact) mass is 429 g/mol. The zero-order valence-electron chi connectivity index (χ0n) is 16.3. The molecule has 12 heteroatoms. The molecule has 156 valence electrons. The van der Waals surface area contributed by atoms with Crippen LogP contribution < -0.4 is 21.7 Å². The lowest BCUT2D eigenvalue weighted by atomic mass is 10.2. The molecule has 0 bridgehead atoms. The SMILES string of the molecule is COc1ccc(C)cc1-n1nnnc1SCC(=O)c1c(N)n(C2CC2)c(=O)[nH]c1=O. The maximum atomic E-state index is 12.8. The van der Waals surface area contributed by atoms with Crippen molar-refractivity contribution in [2.75, 3.05) is 18.6 Å². The van der Waals surface area contributed by atoms with E-state index in [4.69, 9.17) is 10.5 Å². The topological polar surface area (TPSA) is 151 Å². The third kappa shape index (κ3) is 3.61. The number of carbonyl (C=O) groups is 1. The molecule has 1 aromatic carbocycles. The van der Waals surface area contributed by atoms with Gasteiger partial charge in [0.1, 0.15) is 22.8 Å². The number of anilines is 1. The van der Waals surface area contributed by atoms with E-state index in [0.717, 1.165) is 30.2 Å². The maximum absolute atomic E-state index is 12.8. The lowest BCUT2D eigenvalue weighted by Gasteiger charge is -2.11. The van der Waals surface area contributed by atoms with E-state index >= 15 is 0 Å². The molecule has 0 aliphatic heterocycles. The van der Waals surface area contributed by atoms with Crippen LogP contribution in [0.3, 0.4) is 0 Å². The molecular weight excluding hydrogens is 410 g/mol. The first kappa shape index (κ1) is 19.9. The fraction of sp³-hybridized carbons (Fsp3) is 0.333. The number of hydrogen-bond acceptors (Lipinski definition) is 9. The van der Waals surface area contributed by atoms with Crippen LogP contribution in [-0.2, 0) is 0 Å². The van der Waals surface area contributed by atoms with Crippen LogP contribution in [0.5, 0.6) is 5.75 Å². The van der Waals surface area contributed by atoms with Gasteiger partial charge in [-0.25, -0.2) is 4.79 Å². The summed E-state index contributed by atoms with van der Waals surface area (Å²) in [5.41, 5.74) is 6.00. The minimum absolute atomic E-state index is 0.0744. The normalized spacial score (nSPS) is 13.4. The largest absolute Gasteiger partial charge is 0.494 e. The fourth-order valence-electron chi connectivity index (χ4n) is 3.12. The van der Waals surface area contributed by atoms with Gasteiger partial charge >= 0.3 is 5.69 Å². The van der Waals surface area contributed by atoms with Crippen LogP contribution in [0.2, 0.25) is 0 Å². The van der Waals surface area contributed by atoms with E-state index < -0.39 is 17.0 Å². The van der Waals surface area contributed by atoms with Crippen LogP contribution in [0, 0.1) is 6.92 Å². The standard InChI is InChI=1S/C18H19N7O4S/c1-9-3-6-13(29-2)11(7-9)25-18(21-22-23-25)30-8-12(26)14-15(19)24(10-4-5-10)17(28)20-16(14)27/h3,6-7,10H,4-5,8,19H2,1-2H3,(H,20,27,28). The van der Waals surface area contributed by atoms with Crippen molar-refractivity contribution in [1.29, 1.82) is 0 Å². The summed E-state index contributed by atoms with van der Waals surface area (Å²) in [6.07, 6.45) is 1.57. The summed E-state index contributed by atoms with van der Waals surface area (Å²) in [7, 11) is 1.54. The summed E-state index contributed by atoms with van der Waals surface area (Å²) in [5.74, 6) is -0.182. The predicted octanol–water partition coefficient (Wildman–Crippen LogP) is 0.721. The number of Topliss-reactive ketones (excluding diaryl/α,β-unsaturated/α-hetero) is 1. The molecule has 1 saturated carbocycles. The molecule has 3 N–H and O–H groups in total. The highest BCUT2D eigenvalue weighted by Gasteiger charge is 2.30. The highest BCUT2D eigenvalue weighted by atomic mass is 32.2. The number of carbonyl (C=O) groups excluding carboxylic acids is 1. The molecule has 0 saturated heterocycles. The van der Waals surface area contributed by atoms with Gasteiger partial charge in [0.15, 0.2) is 5.78 Å². The number of thioether (sulfide) groups is 1. The van der Waals surface area contributed by atoms with Crippen LogP contribution >= 0.6 is 11.8 Å². The number of aromatic amines is 1. The quantitative estimate of drug-likeness (QED) is 0.409. The number of nitrogen functional groups attached to an aromatic ring is 1. The van der Waals surface area contributed by atoms with E-state index in [9.17, 15) is 14.4 Å². The number of benzene rings is 1. The molecule has 0 atom stereocenters. The van der Waals surface area contributed by atoms with Crippen LogP contribution in [0.25, 0.3) is 5.69 Å². The summed E-state index contributed by atoms with van der Waals surface area (Å²) in [6, 6.07) is 5.48. The summed E-state index contributed by atoms with van der Waals surface area (Å²) in [5, 5.41) is 12.0. The Kier molecular flexibility index (Phi) is 5.16. The van der Waals surface area contributed by atoms with E-state index in [2.05, 4.69) is 20.5 Å². The van der Waals surface area contributed by atoms with Crippen molar-refractivity contribution in [3.63, 3.8) is 0 Å². The Bertz CT molecular complexity index is 1240. The van der Waals surface area contributed by atoms with Crippen LogP contribution in [0.15, 0.2) is 32.9 Å². The van der Waals surface area contributed by atoms with E-state index in [-0.39, 0.29) is 23.2 Å². The number of aryl methyl sites for hydroxylation is 1. The van der Waals surface area contributed by atoms with Crippen molar-refractivity contribution in [3.05, 3.63) is 50.2 Å². The molecule has 1 fully saturated rings. The van der Waals surface area contributed by atoms with Gasteiger partial charge < -0.3 is 10.5 Å². The van der Waals surface area contributed by atoms with Crippen molar-refractivity contribution in [1.82, 2.24) is 29.8 Å². The fourth-order valence-corrected chi connectivity index (χ4v) is 3.87. The molecule has 1 aliphatic carbocycles. The Labute approximate surface area is 174 Å². The van der Waals surface area contributed by atoms with Gasteiger partial charge in [-0.2, -0.15) is 4.68 Å². The molecule has 3 aromatic rings. The Hall–Kier alpha value is -3.41. The number of H-pyrrole nitrogens is 1. The highest BCUT2D eigenvalue weighted by molar-refractivity contribution is 7.99. The van der Waals surface area contributed by atoms with Crippen molar-refractivity contribution in [2.24, 2.45) is 0 Å². The molecule has 4 rings (SSSR count). The third-order valence-corrected chi connectivity index (χ3v) is 5.63. The van der Waals surface area contributed by atoms with Crippen molar-refractivity contribution >= 4 is 23.4 Å². The number of ketones is 1. The van der Waals surface area contributed by atoms with E-state index in [0.29, 0.717) is 16.6 Å². The molecular formula is C18H19N7O4S. The number of aromatic nitrogens is 6.